The molecule has 0 atom stereocenters. The molecule has 1 heterocycles. The van der Waals surface area contributed by atoms with Gasteiger partial charge in [0, 0.05) is 0 Å². The number of rotatable bonds is 2. The van der Waals surface area contributed by atoms with Crippen molar-refractivity contribution in [1.82, 2.24) is 0 Å². The molecule has 25 heavy (non-hydrogen) atoms. The lowest BCUT2D eigenvalue weighted by molar-refractivity contribution is 0.0986. The number of nitrogens with one attached hydrogen (secondary N) is 1. The Kier molecular flexibility index (Phi) is 3.61. The van der Waals surface area contributed by atoms with Crippen molar-refractivity contribution < 1.29 is 14.3 Å². The largest absolute Gasteiger partial charge is 0.508 e. The van der Waals surface area contributed by atoms with Crippen molar-refractivity contribution in [3.63, 3.8) is 0 Å². The molecule has 2 N–H and O–H groups in total. The van der Waals surface area contributed by atoms with E-state index in [0.717, 1.165) is 5.56 Å². The molecule has 0 aromatic heterocycles. The molecule has 3 aromatic rings. The smallest absolute Gasteiger partial charge is 0.260 e. The van der Waals surface area contributed by atoms with E-state index in [1.807, 2.05) is 30.3 Å². The normalized spacial score (nSPS) is 12.8. The number of aromatic hydroxyl groups is 1. The highest BCUT2D eigenvalue weighted by molar-refractivity contribution is 6.13. The number of phenolic OH excluding ortho intramolecular Hbond substituents is 1. The molecule has 0 bridgehead atoms. The minimum absolute atomic E-state index is 0.00528. The van der Waals surface area contributed by atoms with E-state index in [1.165, 1.54) is 29.2 Å². The van der Waals surface area contributed by atoms with Crippen molar-refractivity contribution in [2.24, 2.45) is 0 Å². The molecule has 0 saturated heterocycles. The molecule has 0 fully saturated rings. The summed E-state index contributed by atoms with van der Waals surface area (Å²) in [5, 5.41) is 12.9. The van der Waals surface area contributed by atoms with Crippen LogP contribution in [0.15, 0.2) is 66.7 Å². The third-order valence-corrected chi connectivity index (χ3v) is 4.18. The lowest BCUT2D eigenvalue weighted by atomic mass is 10.1. The van der Waals surface area contributed by atoms with Crippen molar-refractivity contribution >= 4 is 23.0 Å². The van der Waals surface area contributed by atoms with Gasteiger partial charge in [-0.1, -0.05) is 30.3 Å². The molecule has 1 aliphatic heterocycles. The number of benzene rings is 3. The second-order valence-electron chi connectivity index (χ2n) is 5.89. The molecule has 0 spiro atoms. The molecule has 0 aliphatic carbocycles. The van der Waals surface area contributed by atoms with Gasteiger partial charge in [0.25, 0.3) is 5.91 Å². The van der Waals surface area contributed by atoms with Gasteiger partial charge in [0.15, 0.2) is 0 Å². The molecular weight excluding hydrogens is 319 g/mol. The first-order chi connectivity index (χ1) is 12.1. The molecule has 3 aromatic carbocycles. The number of nitrogens with zero attached hydrogens (tertiary/aromatic N) is 1. The van der Waals surface area contributed by atoms with Crippen molar-refractivity contribution in [3.8, 4) is 5.75 Å². The van der Waals surface area contributed by atoms with Crippen LogP contribution in [0.5, 0.6) is 5.75 Å². The standard InChI is InChI=1S/C20H15FN2O2/c21-14-6-8-18-19(10-14)23(12-13-4-2-1-3-5-13)20(25)16-11-15(24)7-9-17(16)22-18/h1-11,22,24H,12H2. The van der Waals surface area contributed by atoms with E-state index in [4.69, 9.17) is 0 Å². The van der Waals surface area contributed by atoms with Crippen LogP contribution in [-0.4, -0.2) is 11.0 Å². The zero-order chi connectivity index (χ0) is 17.4. The third kappa shape index (κ3) is 2.80. The molecule has 4 nitrogen and oxygen atoms in total. The average molecular weight is 334 g/mol. The van der Waals surface area contributed by atoms with Crippen LogP contribution >= 0.6 is 0 Å². The van der Waals surface area contributed by atoms with Crippen LogP contribution in [0.1, 0.15) is 15.9 Å². The van der Waals surface area contributed by atoms with E-state index in [1.54, 1.807) is 12.1 Å². The monoisotopic (exact) mass is 334 g/mol. The van der Waals surface area contributed by atoms with Gasteiger partial charge in [0.2, 0.25) is 0 Å². The first-order valence-corrected chi connectivity index (χ1v) is 7.87. The number of hydrogen-bond donors (Lipinski definition) is 2. The highest BCUT2D eigenvalue weighted by Crippen LogP contribution is 2.38. The maximum Gasteiger partial charge on any atom is 0.260 e. The average Bonchev–Trinajstić information content (AvgIpc) is 2.72. The Balaban J connectivity index is 1.87. The Labute approximate surface area is 144 Å². The van der Waals surface area contributed by atoms with Crippen LogP contribution < -0.4 is 10.2 Å². The van der Waals surface area contributed by atoms with E-state index in [2.05, 4.69) is 5.32 Å². The second kappa shape index (κ2) is 5.94. The van der Waals surface area contributed by atoms with Crippen molar-refractivity contribution in [1.29, 1.82) is 0 Å². The molecular formula is C20H15FN2O2. The van der Waals surface area contributed by atoms with E-state index in [0.29, 0.717) is 29.2 Å². The number of fused-ring (bicyclic) bond motifs is 2. The van der Waals surface area contributed by atoms with Gasteiger partial charge in [-0.25, -0.2) is 4.39 Å². The predicted octanol–water partition coefficient (Wildman–Crippen LogP) is 4.44. The first kappa shape index (κ1) is 15.2. The fourth-order valence-corrected chi connectivity index (χ4v) is 2.97. The minimum Gasteiger partial charge on any atom is -0.508 e. The Hall–Kier alpha value is -3.34. The van der Waals surface area contributed by atoms with Gasteiger partial charge >= 0.3 is 0 Å². The summed E-state index contributed by atoms with van der Waals surface area (Å²) in [5.74, 6) is -0.711. The molecule has 124 valence electrons. The van der Waals surface area contributed by atoms with Crippen LogP contribution in [0.2, 0.25) is 0 Å². The minimum atomic E-state index is -0.416. The number of hydrogen-bond acceptors (Lipinski definition) is 3. The van der Waals surface area contributed by atoms with Gasteiger partial charge in [-0.05, 0) is 42.0 Å². The van der Waals surface area contributed by atoms with Crippen LogP contribution in [0, 0.1) is 5.82 Å². The van der Waals surface area contributed by atoms with Crippen molar-refractivity contribution in [2.75, 3.05) is 10.2 Å². The van der Waals surface area contributed by atoms with E-state index < -0.39 is 5.82 Å². The number of carbonyl (C=O) groups excluding carboxylic acids is 1. The summed E-state index contributed by atoms with van der Waals surface area (Å²) in [5.41, 5.74) is 2.94. The van der Waals surface area contributed by atoms with Gasteiger partial charge in [-0.2, -0.15) is 0 Å². The first-order valence-electron chi connectivity index (χ1n) is 7.87. The Bertz CT molecular complexity index is 957. The summed E-state index contributed by atoms with van der Waals surface area (Å²) in [4.78, 5) is 14.6. The van der Waals surface area contributed by atoms with Gasteiger partial charge in [0.1, 0.15) is 11.6 Å². The summed E-state index contributed by atoms with van der Waals surface area (Å²) < 4.78 is 13.9. The summed E-state index contributed by atoms with van der Waals surface area (Å²) in [6, 6.07) is 18.4. The van der Waals surface area contributed by atoms with Crippen LogP contribution in [-0.2, 0) is 6.54 Å². The van der Waals surface area contributed by atoms with E-state index >= 15 is 0 Å². The summed E-state index contributed by atoms with van der Waals surface area (Å²) in [6.07, 6.45) is 0. The third-order valence-electron chi connectivity index (χ3n) is 4.18. The summed E-state index contributed by atoms with van der Waals surface area (Å²) >= 11 is 0. The highest BCUT2D eigenvalue weighted by atomic mass is 19.1. The topological polar surface area (TPSA) is 52.6 Å². The Morgan fingerprint density at radius 3 is 2.52 bits per heavy atom. The number of halogens is 1. The van der Waals surface area contributed by atoms with Gasteiger partial charge in [0.05, 0.1) is 29.2 Å². The van der Waals surface area contributed by atoms with Crippen molar-refractivity contribution in [2.45, 2.75) is 6.54 Å². The maximum atomic E-state index is 13.9. The van der Waals surface area contributed by atoms with Gasteiger partial charge < -0.3 is 15.3 Å². The van der Waals surface area contributed by atoms with Gasteiger partial charge in [-0.3, -0.25) is 4.79 Å². The number of amides is 1. The number of carbonyl (C=O) groups is 1. The molecule has 1 aliphatic rings. The molecule has 5 heteroatoms. The highest BCUT2D eigenvalue weighted by Gasteiger charge is 2.27. The van der Waals surface area contributed by atoms with Gasteiger partial charge in [-0.15, -0.1) is 0 Å². The number of anilines is 3. The second-order valence-corrected chi connectivity index (χ2v) is 5.89. The van der Waals surface area contributed by atoms with Crippen molar-refractivity contribution in [3.05, 3.63) is 83.7 Å². The molecule has 4 rings (SSSR count). The van der Waals surface area contributed by atoms with Crippen LogP contribution in [0.25, 0.3) is 0 Å². The summed E-state index contributed by atoms with van der Waals surface area (Å²) in [7, 11) is 0. The Morgan fingerprint density at radius 2 is 1.72 bits per heavy atom. The summed E-state index contributed by atoms with van der Waals surface area (Å²) in [6.45, 7) is 0.299. The SMILES string of the molecule is O=C1c2cc(O)ccc2Nc2ccc(F)cc2N1Cc1ccccc1. The molecule has 1 amide bonds. The fraction of sp³-hybridized carbons (Fsp3) is 0.0500. The van der Waals surface area contributed by atoms with Crippen LogP contribution in [0.3, 0.4) is 0 Å². The molecule has 0 radical (unpaired) electrons. The zero-order valence-corrected chi connectivity index (χ0v) is 13.2. The quantitative estimate of drug-likeness (QED) is 0.682. The molecule has 0 unspecified atom stereocenters. The fourth-order valence-electron chi connectivity index (χ4n) is 2.97. The lowest BCUT2D eigenvalue weighted by Gasteiger charge is -2.23. The number of phenols is 1. The lowest BCUT2D eigenvalue weighted by Crippen LogP contribution is -2.29. The Morgan fingerprint density at radius 1 is 0.960 bits per heavy atom. The predicted molar refractivity (Wildman–Crippen MR) is 94.7 cm³/mol. The van der Waals surface area contributed by atoms with Crippen LogP contribution in [0.4, 0.5) is 21.5 Å². The molecule has 0 saturated carbocycles. The van der Waals surface area contributed by atoms with E-state index in [9.17, 15) is 14.3 Å². The maximum absolute atomic E-state index is 13.9. The van der Waals surface area contributed by atoms with E-state index in [-0.39, 0.29) is 11.7 Å². The zero-order valence-electron chi connectivity index (χ0n) is 13.2.